The molecule has 0 atom stereocenters. The minimum atomic E-state index is -3.51. The smallest absolute Gasteiger partial charge is 0.243 e. The van der Waals surface area contributed by atoms with Crippen LogP contribution in [0.2, 0.25) is 0 Å². The number of aryl methyl sites for hydroxylation is 1. The van der Waals surface area contributed by atoms with Crippen molar-refractivity contribution in [3.63, 3.8) is 0 Å². The number of carbonyl (C=O) groups excluding carboxylic acids is 1. The summed E-state index contributed by atoms with van der Waals surface area (Å²) >= 11 is 4.88. The fourth-order valence-electron chi connectivity index (χ4n) is 2.86. The molecule has 2 heterocycles. The van der Waals surface area contributed by atoms with Crippen LogP contribution >= 0.6 is 27.3 Å². The SMILES string of the molecule is Cc1ccc(S(=O)(=O)N2CCC(C(=O)N/N=C/c3cc(Br)cs3)CC2)cc1. The van der Waals surface area contributed by atoms with E-state index in [0.29, 0.717) is 30.8 Å². The van der Waals surface area contributed by atoms with Crippen LogP contribution in [0.1, 0.15) is 23.3 Å². The van der Waals surface area contributed by atoms with Gasteiger partial charge >= 0.3 is 0 Å². The van der Waals surface area contributed by atoms with Crippen LogP contribution in [0.4, 0.5) is 0 Å². The van der Waals surface area contributed by atoms with E-state index in [4.69, 9.17) is 0 Å². The second kappa shape index (κ2) is 8.64. The lowest BCUT2D eigenvalue weighted by Gasteiger charge is -2.30. The van der Waals surface area contributed by atoms with Crippen LogP contribution in [0.15, 0.2) is 50.2 Å². The normalized spacial score (nSPS) is 16.7. The molecule has 0 radical (unpaired) electrons. The molecule has 144 valence electrons. The molecular formula is C18H20BrN3O3S2. The van der Waals surface area contributed by atoms with Crippen LogP contribution in [-0.2, 0) is 14.8 Å². The number of rotatable bonds is 5. The molecule has 1 amide bonds. The standard InChI is InChI=1S/C18H20BrN3O3S2/c1-13-2-4-17(5-3-13)27(24,25)22-8-6-14(7-9-22)18(23)21-20-11-16-10-15(19)12-26-16/h2-5,10-12,14H,6-9H2,1H3,(H,21,23)/b20-11+. The highest BCUT2D eigenvalue weighted by Gasteiger charge is 2.31. The summed E-state index contributed by atoms with van der Waals surface area (Å²) in [5, 5.41) is 5.92. The molecule has 1 aliphatic heterocycles. The number of amides is 1. The maximum Gasteiger partial charge on any atom is 0.243 e. The summed E-state index contributed by atoms with van der Waals surface area (Å²) in [6.45, 7) is 2.58. The summed E-state index contributed by atoms with van der Waals surface area (Å²) in [5.41, 5.74) is 3.57. The molecule has 9 heteroatoms. The van der Waals surface area contributed by atoms with Crippen LogP contribution in [0, 0.1) is 12.8 Å². The highest BCUT2D eigenvalue weighted by molar-refractivity contribution is 9.10. The number of nitrogens with one attached hydrogen (secondary N) is 1. The van der Waals surface area contributed by atoms with E-state index in [-0.39, 0.29) is 11.8 Å². The van der Waals surface area contributed by atoms with Gasteiger partial charge in [0.2, 0.25) is 15.9 Å². The fourth-order valence-corrected chi connectivity index (χ4v) is 5.64. The number of hydrazone groups is 1. The predicted octanol–water partition coefficient (Wildman–Crippen LogP) is 3.37. The number of hydrogen-bond acceptors (Lipinski definition) is 5. The van der Waals surface area contributed by atoms with Crippen molar-refractivity contribution in [1.29, 1.82) is 0 Å². The maximum absolute atomic E-state index is 12.7. The molecule has 1 saturated heterocycles. The van der Waals surface area contributed by atoms with E-state index in [9.17, 15) is 13.2 Å². The molecule has 1 N–H and O–H groups in total. The van der Waals surface area contributed by atoms with Gasteiger partial charge in [0.1, 0.15) is 0 Å². The van der Waals surface area contributed by atoms with Gasteiger partial charge in [-0.25, -0.2) is 13.8 Å². The van der Waals surface area contributed by atoms with Gasteiger partial charge in [-0.2, -0.15) is 9.41 Å². The Kier molecular flexibility index (Phi) is 6.46. The van der Waals surface area contributed by atoms with Gasteiger partial charge in [-0.05, 0) is 53.9 Å². The molecule has 0 unspecified atom stereocenters. The second-order valence-electron chi connectivity index (χ2n) is 6.39. The van der Waals surface area contributed by atoms with E-state index < -0.39 is 10.0 Å². The van der Waals surface area contributed by atoms with Crippen molar-refractivity contribution in [2.24, 2.45) is 11.0 Å². The highest BCUT2D eigenvalue weighted by atomic mass is 79.9. The monoisotopic (exact) mass is 469 g/mol. The van der Waals surface area contributed by atoms with Crippen molar-refractivity contribution in [2.75, 3.05) is 13.1 Å². The second-order valence-corrected chi connectivity index (χ2v) is 10.2. The number of piperidine rings is 1. The molecule has 27 heavy (non-hydrogen) atoms. The Bertz CT molecular complexity index is 931. The van der Waals surface area contributed by atoms with Gasteiger partial charge in [-0.1, -0.05) is 17.7 Å². The Morgan fingerprint density at radius 3 is 2.56 bits per heavy atom. The fraction of sp³-hybridized carbons (Fsp3) is 0.333. The Labute approximate surface area is 171 Å². The summed E-state index contributed by atoms with van der Waals surface area (Å²) in [6.07, 6.45) is 2.57. The van der Waals surface area contributed by atoms with Crippen molar-refractivity contribution in [2.45, 2.75) is 24.7 Å². The van der Waals surface area contributed by atoms with Crippen LogP contribution in [0.5, 0.6) is 0 Å². The third-order valence-corrected chi connectivity index (χ3v) is 7.98. The lowest BCUT2D eigenvalue weighted by Crippen LogP contribution is -2.42. The molecule has 0 bridgehead atoms. The third-order valence-electron chi connectivity index (χ3n) is 4.44. The number of thiophene rings is 1. The molecular weight excluding hydrogens is 450 g/mol. The lowest BCUT2D eigenvalue weighted by molar-refractivity contribution is -0.126. The lowest BCUT2D eigenvalue weighted by atomic mass is 9.98. The van der Waals surface area contributed by atoms with E-state index in [1.807, 2.05) is 18.4 Å². The van der Waals surface area contributed by atoms with Gasteiger partial charge in [0.05, 0.1) is 11.1 Å². The van der Waals surface area contributed by atoms with Crippen molar-refractivity contribution >= 4 is 49.4 Å². The molecule has 0 saturated carbocycles. The third kappa shape index (κ3) is 5.04. The molecule has 1 aromatic heterocycles. The average Bonchev–Trinajstić information content (AvgIpc) is 3.07. The first-order chi connectivity index (χ1) is 12.9. The summed E-state index contributed by atoms with van der Waals surface area (Å²) < 4.78 is 27.8. The molecule has 1 aromatic carbocycles. The minimum absolute atomic E-state index is 0.172. The van der Waals surface area contributed by atoms with Gasteiger partial charge in [0, 0.05) is 33.7 Å². The molecule has 0 aliphatic carbocycles. The van der Waals surface area contributed by atoms with Gasteiger partial charge in [-0.15, -0.1) is 11.3 Å². The first-order valence-corrected chi connectivity index (χ1v) is 11.6. The van der Waals surface area contributed by atoms with Crippen molar-refractivity contribution < 1.29 is 13.2 Å². The Hall–Kier alpha value is -1.55. The largest absolute Gasteiger partial charge is 0.273 e. The zero-order valence-electron chi connectivity index (χ0n) is 14.8. The number of sulfonamides is 1. The number of halogens is 1. The van der Waals surface area contributed by atoms with Crippen LogP contribution < -0.4 is 5.43 Å². The molecule has 3 rings (SSSR count). The molecule has 2 aromatic rings. The number of nitrogens with zero attached hydrogens (tertiary/aromatic N) is 2. The van der Waals surface area contributed by atoms with E-state index in [2.05, 4.69) is 26.5 Å². The van der Waals surface area contributed by atoms with Crippen molar-refractivity contribution in [1.82, 2.24) is 9.73 Å². The van der Waals surface area contributed by atoms with E-state index >= 15 is 0 Å². The van der Waals surface area contributed by atoms with Gasteiger partial charge < -0.3 is 0 Å². The molecule has 1 fully saturated rings. The summed E-state index contributed by atoms with van der Waals surface area (Å²) in [7, 11) is -3.51. The van der Waals surface area contributed by atoms with E-state index in [1.165, 1.54) is 15.6 Å². The predicted molar refractivity (Wildman–Crippen MR) is 110 cm³/mol. The Morgan fingerprint density at radius 1 is 1.30 bits per heavy atom. The summed E-state index contributed by atoms with van der Waals surface area (Å²) in [6, 6.07) is 8.74. The van der Waals surface area contributed by atoms with Crippen LogP contribution in [0.25, 0.3) is 0 Å². The van der Waals surface area contributed by atoms with Gasteiger partial charge in [0.25, 0.3) is 0 Å². The Balaban J connectivity index is 1.54. The maximum atomic E-state index is 12.7. The van der Waals surface area contributed by atoms with E-state index in [0.717, 1.165) is 14.9 Å². The number of benzene rings is 1. The van der Waals surface area contributed by atoms with Crippen LogP contribution in [-0.4, -0.2) is 37.9 Å². The quantitative estimate of drug-likeness (QED) is 0.538. The topological polar surface area (TPSA) is 78.8 Å². The molecule has 6 nitrogen and oxygen atoms in total. The Morgan fingerprint density at radius 2 is 1.96 bits per heavy atom. The van der Waals surface area contributed by atoms with E-state index in [1.54, 1.807) is 30.5 Å². The summed E-state index contributed by atoms with van der Waals surface area (Å²) in [4.78, 5) is 13.5. The average molecular weight is 470 g/mol. The van der Waals surface area contributed by atoms with Crippen molar-refractivity contribution in [3.05, 3.63) is 50.6 Å². The number of hydrogen-bond donors (Lipinski definition) is 1. The van der Waals surface area contributed by atoms with Crippen molar-refractivity contribution in [3.8, 4) is 0 Å². The zero-order valence-corrected chi connectivity index (χ0v) is 18.0. The minimum Gasteiger partial charge on any atom is -0.273 e. The van der Waals surface area contributed by atoms with Crippen LogP contribution in [0.3, 0.4) is 0 Å². The van der Waals surface area contributed by atoms with Gasteiger partial charge in [0.15, 0.2) is 0 Å². The first-order valence-electron chi connectivity index (χ1n) is 8.50. The number of carbonyl (C=O) groups is 1. The zero-order chi connectivity index (χ0) is 19.4. The first kappa shape index (κ1) is 20.2. The summed E-state index contributed by atoms with van der Waals surface area (Å²) in [5.74, 6) is -0.407. The molecule has 1 aliphatic rings. The van der Waals surface area contributed by atoms with Gasteiger partial charge in [-0.3, -0.25) is 4.79 Å². The molecule has 0 spiro atoms. The highest BCUT2D eigenvalue weighted by Crippen LogP contribution is 2.24.